The summed E-state index contributed by atoms with van der Waals surface area (Å²) in [5, 5.41) is 30.5. The average molecular weight is 364 g/mol. The van der Waals surface area contributed by atoms with Crippen molar-refractivity contribution in [3.8, 4) is 0 Å². The molecule has 146 valence electrons. The zero-order chi connectivity index (χ0) is 19.5. The van der Waals surface area contributed by atoms with Crippen LogP contribution in [-0.2, 0) is 9.53 Å². The number of allylic oxidation sites excluding steroid dienone is 3. The van der Waals surface area contributed by atoms with Crippen LogP contribution in [0, 0.1) is 0 Å². The van der Waals surface area contributed by atoms with Gasteiger partial charge in [-0.3, -0.25) is 4.79 Å². The maximum absolute atomic E-state index is 12.1. The van der Waals surface area contributed by atoms with Crippen LogP contribution in [-0.4, -0.2) is 45.0 Å². The number of hydrogen-bond donors (Lipinski definition) is 3. The van der Waals surface area contributed by atoms with Crippen LogP contribution in [0.15, 0.2) is 34.6 Å². The van der Waals surface area contributed by atoms with Crippen molar-refractivity contribution >= 4 is 5.78 Å². The average Bonchev–Trinajstić information content (AvgIpc) is 2.80. The van der Waals surface area contributed by atoms with Crippen LogP contribution < -0.4 is 0 Å². The number of aliphatic hydroxyl groups excluding tert-OH is 2. The van der Waals surface area contributed by atoms with Crippen molar-refractivity contribution in [1.82, 2.24) is 0 Å². The van der Waals surface area contributed by atoms with Gasteiger partial charge in [0.1, 0.15) is 11.9 Å². The normalized spacial score (nSPS) is 32.9. The van der Waals surface area contributed by atoms with Crippen LogP contribution >= 0.6 is 0 Å². The predicted octanol–water partition coefficient (Wildman–Crippen LogP) is 3.51. The van der Waals surface area contributed by atoms with Gasteiger partial charge >= 0.3 is 0 Å². The maximum atomic E-state index is 12.1. The van der Waals surface area contributed by atoms with Gasteiger partial charge < -0.3 is 20.1 Å². The fourth-order valence-corrected chi connectivity index (χ4v) is 3.60. The third-order valence-corrected chi connectivity index (χ3v) is 5.20. The second kappa shape index (κ2) is 8.51. The summed E-state index contributed by atoms with van der Waals surface area (Å²) in [6, 6.07) is 0. The number of rotatable bonds is 6. The summed E-state index contributed by atoms with van der Waals surface area (Å²) >= 11 is 0. The second-order valence-electron chi connectivity index (χ2n) is 8.10. The van der Waals surface area contributed by atoms with Gasteiger partial charge in [0.2, 0.25) is 0 Å². The SMILES string of the molecule is CC(C)=CCC/C(C)=C/[C@H]1C[C@](C)(O)[C@@H](CC2=C(O)[C@H](O)CCC2=O)O1. The van der Waals surface area contributed by atoms with Crippen molar-refractivity contribution in [3.63, 3.8) is 0 Å². The fourth-order valence-electron chi connectivity index (χ4n) is 3.60. The Kier molecular flexibility index (Phi) is 6.83. The molecule has 0 radical (unpaired) electrons. The fraction of sp³-hybridized carbons (Fsp3) is 0.667. The molecular formula is C21H32O5. The van der Waals surface area contributed by atoms with Crippen molar-refractivity contribution in [1.29, 1.82) is 0 Å². The Hall–Kier alpha value is -1.43. The van der Waals surface area contributed by atoms with Crippen LogP contribution in [0.25, 0.3) is 0 Å². The molecule has 0 spiro atoms. The molecule has 1 aliphatic carbocycles. The molecule has 1 heterocycles. The molecular weight excluding hydrogens is 332 g/mol. The molecule has 0 bridgehead atoms. The molecule has 2 rings (SSSR count). The van der Waals surface area contributed by atoms with Crippen LogP contribution in [0.5, 0.6) is 0 Å². The lowest BCUT2D eigenvalue weighted by Crippen LogP contribution is -2.36. The lowest BCUT2D eigenvalue weighted by molar-refractivity contribution is -0.118. The Balaban J connectivity index is 2.04. The second-order valence-corrected chi connectivity index (χ2v) is 8.10. The largest absolute Gasteiger partial charge is 0.509 e. The first-order valence-electron chi connectivity index (χ1n) is 9.42. The van der Waals surface area contributed by atoms with E-state index in [0.717, 1.165) is 12.8 Å². The number of carbonyl (C=O) groups is 1. The van der Waals surface area contributed by atoms with Gasteiger partial charge in [-0.25, -0.2) is 0 Å². The number of Topliss-reactive ketones (excluding diaryl/α,β-unsaturated/α-hetero) is 1. The molecule has 3 N–H and O–H groups in total. The smallest absolute Gasteiger partial charge is 0.162 e. The van der Waals surface area contributed by atoms with E-state index in [0.29, 0.717) is 6.42 Å². The topological polar surface area (TPSA) is 87.0 Å². The predicted molar refractivity (Wildman–Crippen MR) is 101 cm³/mol. The molecule has 2 aliphatic rings. The minimum absolute atomic E-state index is 0.121. The van der Waals surface area contributed by atoms with E-state index in [9.17, 15) is 20.1 Å². The molecule has 1 aliphatic heterocycles. The molecule has 0 aromatic heterocycles. The van der Waals surface area contributed by atoms with Gasteiger partial charge in [0, 0.05) is 24.8 Å². The van der Waals surface area contributed by atoms with Gasteiger partial charge in [0.15, 0.2) is 5.78 Å². The highest BCUT2D eigenvalue weighted by molar-refractivity contribution is 5.96. The summed E-state index contributed by atoms with van der Waals surface area (Å²) < 4.78 is 5.99. The Labute approximate surface area is 156 Å². The Bertz CT molecular complexity index is 622. The highest BCUT2D eigenvalue weighted by atomic mass is 16.5. The van der Waals surface area contributed by atoms with Crippen LogP contribution in [0.3, 0.4) is 0 Å². The molecule has 5 heteroatoms. The number of hydrogen-bond acceptors (Lipinski definition) is 5. The van der Waals surface area contributed by atoms with Gasteiger partial charge in [0.25, 0.3) is 0 Å². The van der Waals surface area contributed by atoms with E-state index in [-0.39, 0.29) is 42.5 Å². The number of carbonyl (C=O) groups excluding carboxylic acids is 1. The molecule has 0 amide bonds. The standard InChI is InChI=1S/C21H32O5/c1-13(2)6-5-7-14(3)10-15-12-21(4,25)19(26-15)11-16-17(22)8-9-18(23)20(16)24/h6,10,15,18-19,23-25H,5,7-9,11-12H2,1-4H3/b14-10+/t15-,18+,19+,21-/m0/s1. The zero-order valence-electron chi connectivity index (χ0n) is 16.3. The van der Waals surface area contributed by atoms with E-state index in [1.54, 1.807) is 6.92 Å². The van der Waals surface area contributed by atoms with Crippen molar-refractivity contribution in [2.75, 3.05) is 0 Å². The Morgan fingerprint density at radius 2 is 2.04 bits per heavy atom. The van der Waals surface area contributed by atoms with E-state index < -0.39 is 17.8 Å². The van der Waals surface area contributed by atoms with Crippen molar-refractivity contribution in [2.45, 2.75) is 90.1 Å². The summed E-state index contributed by atoms with van der Waals surface area (Å²) in [7, 11) is 0. The molecule has 26 heavy (non-hydrogen) atoms. The summed E-state index contributed by atoms with van der Waals surface area (Å²) in [4.78, 5) is 12.1. The van der Waals surface area contributed by atoms with Gasteiger partial charge in [0.05, 0.1) is 17.8 Å². The van der Waals surface area contributed by atoms with Gasteiger partial charge in [-0.1, -0.05) is 23.3 Å². The van der Waals surface area contributed by atoms with Gasteiger partial charge in [-0.2, -0.15) is 0 Å². The molecule has 1 saturated heterocycles. The molecule has 0 unspecified atom stereocenters. The van der Waals surface area contributed by atoms with Crippen LogP contribution in [0.4, 0.5) is 0 Å². The monoisotopic (exact) mass is 364 g/mol. The van der Waals surface area contributed by atoms with Crippen molar-refractivity contribution in [3.05, 3.63) is 34.6 Å². The molecule has 5 nitrogen and oxygen atoms in total. The van der Waals surface area contributed by atoms with E-state index in [4.69, 9.17) is 4.74 Å². The highest BCUT2D eigenvalue weighted by Crippen LogP contribution is 2.37. The molecule has 0 aromatic carbocycles. The van der Waals surface area contributed by atoms with E-state index in [1.165, 1.54) is 11.1 Å². The first-order valence-corrected chi connectivity index (χ1v) is 9.42. The lowest BCUT2D eigenvalue weighted by Gasteiger charge is -2.27. The summed E-state index contributed by atoms with van der Waals surface area (Å²) in [5.41, 5.74) is 1.61. The summed E-state index contributed by atoms with van der Waals surface area (Å²) in [5.74, 6) is -0.443. The molecule has 0 saturated carbocycles. The first kappa shape index (κ1) is 20.9. The molecule has 0 aromatic rings. The van der Waals surface area contributed by atoms with Gasteiger partial charge in [-0.15, -0.1) is 0 Å². The van der Waals surface area contributed by atoms with Crippen LogP contribution in [0.2, 0.25) is 0 Å². The first-order chi connectivity index (χ1) is 12.1. The third kappa shape index (κ3) is 5.29. The van der Waals surface area contributed by atoms with E-state index in [1.807, 2.05) is 6.08 Å². The van der Waals surface area contributed by atoms with E-state index >= 15 is 0 Å². The van der Waals surface area contributed by atoms with E-state index in [2.05, 4.69) is 26.8 Å². The van der Waals surface area contributed by atoms with Crippen molar-refractivity contribution in [2.24, 2.45) is 0 Å². The summed E-state index contributed by atoms with van der Waals surface area (Å²) in [6.45, 7) is 7.91. The zero-order valence-corrected chi connectivity index (χ0v) is 16.3. The molecule has 1 fully saturated rings. The quantitative estimate of drug-likeness (QED) is 0.628. The van der Waals surface area contributed by atoms with Crippen LogP contribution in [0.1, 0.15) is 66.2 Å². The number of aliphatic hydroxyl groups is 3. The number of ketones is 1. The number of ether oxygens (including phenoxy) is 1. The van der Waals surface area contributed by atoms with Crippen molar-refractivity contribution < 1.29 is 24.9 Å². The Morgan fingerprint density at radius 1 is 1.35 bits per heavy atom. The molecule has 4 atom stereocenters. The lowest BCUT2D eigenvalue weighted by atomic mass is 9.85. The van der Waals surface area contributed by atoms with Gasteiger partial charge in [-0.05, 0) is 47.0 Å². The maximum Gasteiger partial charge on any atom is 0.162 e. The minimum Gasteiger partial charge on any atom is -0.509 e. The highest BCUT2D eigenvalue weighted by Gasteiger charge is 2.44. The summed E-state index contributed by atoms with van der Waals surface area (Å²) in [6.07, 6.45) is 5.38. The third-order valence-electron chi connectivity index (χ3n) is 5.20. The Morgan fingerprint density at radius 3 is 2.69 bits per heavy atom. The minimum atomic E-state index is -1.09.